The zero-order valence-electron chi connectivity index (χ0n) is 11.4. The van der Waals surface area contributed by atoms with E-state index in [9.17, 15) is 9.59 Å². The predicted octanol–water partition coefficient (Wildman–Crippen LogP) is 2.15. The number of aromatic carboxylic acids is 1. The molecular formula is C14H15N3O3S. The fourth-order valence-corrected chi connectivity index (χ4v) is 2.69. The van der Waals surface area contributed by atoms with Crippen LogP contribution in [0, 0.1) is 0 Å². The van der Waals surface area contributed by atoms with E-state index in [1.54, 1.807) is 12.1 Å². The number of aryl methyl sites for hydroxylation is 1. The number of hydrogen-bond acceptors (Lipinski definition) is 5. The molecule has 6 nitrogen and oxygen atoms in total. The lowest BCUT2D eigenvalue weighted by Crippen LogP contribution is -2.09. The minimum absolute atomic E-state index is 0.0561. The highest BCUT2D eigenvalue weighted by Gasteiger charge is 2.10. The van der Waals surface area contributed by atoms with E-state index in [0.717, 1.165) is 18.5 Å². The molecule has 0 spiro atoms. The average molecular weight is 305 g/mol. The van der Waals surface area contributed by atoms with Gasteiger partial charge in [0, 0.05) is 22.3 Å². The van der Waals surface area contributed by atoms with Crippen LogP contribution in [0.5, 0.6) is 0 Å². The number of carboxylic acids is 1. The van der Waals surface area contributed by atoms with Crippen LogP contribution in [0.4, 0.5) is 5.69 Å². The summed E-state index contributed by atoms with van der Waals surface area (Å²) in [7, 11) is 0. The number of anilines is 1. The molecule has 1 aromatic heterocycles. The van der Waals surface area contributed by atoms with Crippen LogP contribution in [0.3, 0.4) is 0 Å². The van der Waals surface area contributed by atoms with Crippen molar-refractivity contribution in [2.45, 2.75) is 29.8 Å². The molecule has 0 radical (unpaired) electrons. The fourth-order valence-electron chi connectivity index (χ4n) is 1.83. The summed E-state index contributed by atoms with van der Waals surface area (Å²) in [5.41, 5.74) is 6.47. The Morgan fingerprint density at radius 3 is 2.81 bits per heavy atom. The third kappa shape index (κ3) is 3.85. The Hall–Kier alpha value is -2.28. The molecule has 1 heterocycles. The van der Waals surface area contributed by atoms with E-state index in [1.807, 2.05) is 6.92 Å². The lowest BCUT2D eigenvalue weighted by molar-refractivity contribution is 0.0698. The van der Waals surface area contributed by atoms with Crippen molar-refractivity contribution in [2.24, 2.45) is 0 Å². The summed E-state index contributed by atoms with van der Waals surface area (Å²) in [4.78, 5) is 30.2. The van der Waals surface area contributed by atoms with E-state index in [4.69, 9.17) is 10.8 Å². The Morgan fingerprint density at radius 2 is 2.19 bits per heavy atom. The molecule has 0 bridgehead atoms. The molecule has 0 atom stereocenters. The van der Waals surface area contributed by atoms with Gasteiger partial charge in [-0.3, -0.25) is 4.79 Å². The van der Waals surface area contributed by atoms with Crippen LogP contribution in [0.2, 0.25) is 0 Å². The molecule has 0 aliphatic rings. The Morgan fingerprint density at radius 1 is 1.43 bits per heavy atom. The van der Waals surface area contributed by atoms with Crippen molar-refractivity contribution >= 4 is 23.4 Å². The number of nitrogens with two attached hydrogens (primary N) is 1. The van der Waals surface area contributed by atoms with Crippen molar-refractivity contribution in [2.75, 3.05) is 5.73 Å². The summed E-state index contributed by atoms with van der Waals surface area (Å²) < 4.78 is 0. The van der Waals surface area contributed by atoms with Gasteiger partial charge in [-0.25, -0.2) is 9.78 Å². The molecule has 2 aromatic rings. The Labute approximate surface area is 125 Å². The Bertz CT molecular complexity index is 728. The minimum atomic E-state index is -1.07. The molecule has 0 saturated carbocycles. The van der Waals surface area contributed by atoms with E-state index in [-0.39, 0.29) is 16.8 Å². The van der Waals surface area contributed by atoms with Gasteiger partial charge in [0.25, 0.3) is 5.56 Å². The summed E-state index contributed by atoms with van der Waals surface area (Å²) in [6.07, 6.45) is 1.64. The first-order chi connectivity index (χ1) is 9.99. The van der Waals surface area contributed by atoms with E-state index in [1.165, 1.54) is 23.9 Å². The Balaban J connectivity index is 2.28. The second-order valence-corrected chi connectivity index (χ2v) is 5.51. The topological polar surface area (TPSA) is 109 Å². The fraction of sp³-hybridized carbons (Fsp3) is 0.214. The number of carboxylic acid groups (broad SMARTS) is 1. The SMILES string of the molecule is CCCc1cc(=O)[nH]c(Sc2ccc(C(=O)O)c(N)c2)n1. The van der Waals surface area contributed by atoms with Gasteiger partial charge in [-0.1, -0.05) is 25.1 Å². The van der Waals surface area contributed by atoms with Crippen LogP contribution < -0.4 is 11.3 Å². The molecule has 1 aromatic carbocycles. The number of benzene rings is 1. The van der Waals surface area contributed by atoms with Gasteiger partial charge in [-0.05, 0) is 24.6 Å². The van der Waals surface area contributed by atoms with Crippen molar-refractivity contribution in [1.82, 2.24) is 9.97 Å². The van der Waals surface area contributed by atoms with Crippen molar-refractivity contribution in [1.29, 1.82) is 0 Å². The monoisotopic (exact) mass is 305 g/mol. The zero-order chi connectivity index (χ0) is 15.4. The number of H-pyrrole nitrogens is 1. The first-order valence-corrected chi connectivity index (χ1v) is 7.22. The maximum atomic E-state index is 11.6. The lowest BCUT2D eigenvalue weighted by atomic mass is 10.2. The molecule has 0 unspecified atom stereocenters. The summed E-state index contributed by atoms with van der Waals surface area (Å²) in [6.45, 7) is 2.01. The minimum Gasteiger partial charge on any atom is -0.478 e. The number of nitrogens with one attached hydrogen (secondary N) is 1. The van der Waals surface area contributed by atoms with Crippen molar-refractivity contribution < 1.29 is 9.90 Å². The van der Waals surface area contributed by atoms with Crippen LogP contribution in [-0.2, 0) is 6.42 Å². The van der Waals surface area contributed by atoms with E-state index in [0.29, 0.717) is 10.1 Å². The third-order valence-electron chi connectivity index (χ3n) is 2.75. The second kappa shape index (κ2) is 6.45. The first kappa shape index (κ1) is 15.1. The number of carbonyl (C=O) groups is 1. The number of hydrogen-bond donors (Lipinski definition) is 3. The van der Waals surface area contributed by atoms with Gasteiger partial charge in [0.15, 0.2) is 5.16 Å². The van der Waals surface area contributed by atoms with Crippen LogP contribution >= 0.6 is 11.8 Å². The van der Waals surface area contributed by atoms with Crippen LogP contribution in [0.1, 0.15) is 29.4 Å². The molecule has 21 heavy (non-hydrogen) atoms. The number of aromatic amines is 1. The molecule has 0 fully saturated rings. The molecule has 0 aliphatic carbocycles. The summed E-state index contributed by atoms with van der Waals surface area (Å²) >= 11 is 1.24. The van der Waals surface area contributed by atoms with Gasteiger partial charge in [0.2, 0.25) is 0 Å². The summed E-state index contributed by atoms with van der Waals surface area (Å²) in [6, 6.07) is 6.11. The van der Waals surface area contributed by atoms with Gasteiger partial charge in [-0.15, -0.1) is 0 Å². The predicted molar refractivity (Wildman–Crippen MR) is 80.8 cm³/mol. The molecule has 4 N–H and O–H groups in total. The Kier molecular flexibility index (Phi) is 4.64. The van der Waals surface area contributed by atoms with E-state index in [2.05, 4.69) is 9.97 Å². The highest BCUT2D eigenvalue weighted by Crippen LogP contribution is 2.27. The third-order valence-corrected chi connectivity index (χ3v) is 3.62. The number of nitrogens with zero attached hydrogens (tertiary/aromatic N) is 1. The van der Waals surface area contributed by atoms with E-state index < -0.39 is 5.97 Å². The number of rotatable bonds is 5. The number of aromatic nitrogens is 2. The molecule has 0 aliphatic heterocycles. The van der Waals surface area contributed by atoms with Crippen LogP contribution in [-0.4, -0.2) is 21.0 Å². The number of nitrogen functional groups attached to an aromatic ring is 1. The standard InChI is InChI=1S/C14H15N3O3S/c1-2-3-8-6-12(18)17-14(16-8)21-9-4-5-10(13(19)20)11(15)7-9/h4-7H,2-3,15H2,1H3,(H,19,20)(H,16,17,18). The van der Waals surface area contributed by atoms with Gasteiger partial charge in [0.1, 0.15) is 0 Å². The molecule has 2 rings (SSSR count). The molecule has 110 valence electrons. The lowest BCUT2D eigenvalue weighted by Gasteiger charge is -2.06. The van der Waals surface area contributed by atoms with Gasteiger partial charge >= 0.3 is 5.97 Å². The maximum Gasteiger partial charge on any atom is 0.337 e. The molecule has 7 heteroatoms. The van der Waals surface area contributed by atoms with Gasteiger partial charge in [0.05, 0.1) is 5.56 Å². The quantitative estimate of drug-likeness (QED) is 0.577. The second-order valence-electron chi connectivity index (χ2n) is 4.45. The zero-order valence-corrected chi connectivity index (χ0v) is 12.2. The summed E-state index contributed by atoms with van der Waals surface area (Å²) in [5, 5.41) is 9.40. The molecular weight excluding hydrogens is 290 g/mol. The smallest absolute Gasteiger partial charge is 0.337 e. The van der Waals surface area contributed by atoms with E-state index >= 15 is 0 Å². The van der Waals surface area contributed by atoms with Crippen molar-refractivity contribution in [3.8, 4) is 0 Å². The van der Waals surface area contributed by atoms with Crippen molar-refractivity contribution in [3.05, 3.63) is 45.9 Å². The highest BCUT2D eigenvalue weighted by atomic mass is 32.2. The largest absolute Gasteiger partial charge is 0.478 e. The highest BCUT2D eigenvalue weighted by molar-refractivity contribution is 7.99. The normalized spacial score (nSPS) is 10.5. The molecule has 0 amide bonds. The van der Waals surface area contributed by atoms with Crippen molar-refractivity contribution in [3.63, 3.8) is 0 Å². The van der Waals surface area contributed by atoms with Gasteiger partial charge < -0.3 is 15.8 Å². The maximum absolute atomic E-state index is 11.6. The van der Waals surface area contributed by atoms with Crippen LogP contribution in [0.15, 0.2) is 39.1 Å². The van der Waals surface area contributed by atoms with Gasteiger partial charge in [-0.2, -0.15) is 0 Å². The average Bonchev–Trinajstić information content (AvgIpc) is 2.37. The van der Waals surface area contributed by atoms with Crippen LogP contribution in [0.25, 0.3) is 0 Å². The summed E-state index contributed by atoms with van der Waals surface area (Å²) in [5.74, 6) is -1.07. The molecule has 0 saturated heterocycles. The first-order valence-electron chi connectivity index (χ1n) is 6.40.